The third-order valence-corrected chi connectivity index (χ3v) is 6.71. The molecule has 0 aromatic heterocycles. The first-order chi connectivity index (χ1) is 14.4. The SMILES string of the molecule is CCc1ccc(-c2c3c(cc4c2-c2ccccc2C4OC)CC(C)(C)CC3=O)cc1. The number of fused-ring (bicyclic) bond motifs is 4. The third-order valence-electron chi connectivity index (χ3n) is 6.71. The molecule has 2 aliphatic carbocycles. The first-order valence-corrected chi connectivity index (χ1v) is 10.9. The van der Waals surface area contributed by atoms with Crippen LogP contribution in [0, 0.1) is 5.41 Å². The van der Waals surface area contributed by atoms with E-state index in [0.29, 0.717) is 6.42 Å². The van der Waals surface area contributed by atoms with E-state index in [1.807, 2.05) is 0 Å². The number of methoxy groups -OCH3 is 1. The summed E-state index contributed by atoms with van der Waals surface area (Å²) in [6.45, 7) is 6.56. The van der Waals surface area contributed by atoms with Crippen molar-refractivity contribution < 1.29 is 9.53 Å². The first kappa shape index (κ1) is 19.3. The van der Waals surface area contributed by atoms with Crippen LogP contribution in [0.2, 0.25) is 0 Å². The molecule has 3 aromatic rings. The molecule has 0 amide bonds. The predicted octanol–water partition coefficient (Wildman–Crippen LogP) is 6.79. The maximum Gasteiger partial charge on any atom is 0.164 e. The van der Waals surface area contributed by atoms with Gasteiger partial charge in [-0.1, -0.05) is 75.4 Å². The van der Waals surface area contributed by atoms with E-state index in [1.165, 1.54) is 33.4 Å². The van der Waals surface area contributed by atoms with Crippen molar-refractivity contribution in [1.29, 1.82) is 0 Å². The monoisotopic (exact) mass is 396 g/mol. The van der Waals surface area contributed by atoms with Gasteiger partial charge in [-0.3, -0.25) is 4.79 Å². The normalized spacial score (nSPS) is 18.7. The van der Waals surface area contributed by atoms with Crippen molar-refractivity contribution in [2.24, 2.45) is 5.41 Å². The molecule has 1 atom stereocenters. The number of carbonyl (C=O) groups excluding carboxylic acids is 1. The van der Waals surface area contributed by atoms with Crippen LogP contribution >= 0.6 is 0 Å². The van der Waals surface area contributed by atoms with Crippen molar-refractivity contribution in [1.82, 2.24) is 0 Å². The van der Waals surface area contributed by atoms with E-state index in [-0.39, 0.29) is 17.3 Å². The van der Waals surface area contributed by atoms with Crippen LogP contribution in [0.15, 0.2) is 54.6 Å². The second-order valence-electron chi connectivity index (χ2n) is 9.44. The summed E-state index contributed by atoms with van der Waals surface area (Å²) < 4.78 is 5.98. The smallest absolute Gasteiger partial charge is 0.164 e. The zero-order valence-electron chi connectivity index (χ0n) is 18.2. The van der Waals surface area contributed by atoms with Crippen LogP contribution < -0.4 is 0 Å². The Kier molecular flexibility index (Phi) is 4.44. The van der Waals surface area contributed by atoms with Gasteiger partial charge in [-0.25, -0.2) is 0 Å². The molecule has 0 heterocycles. The van der Waals surface area contributed by atoms with Crippen molar-refractivity contribution in [3.63, 3.8) is 0 Å². The first-order valence-electron chi connectivity index (χ1n) is 10.9. The van der Waals surface area contributed by atoms with Gasteiger partial charge in [-0.2, -0.15) is 0 Å². The van der Waals surface area contributed by atoms with Gasteiger partial charge in [0.1, 0.15) is 6.10 Å². The lowest BCUT2D eigenvalue weighted by Crippen LogP contribution is -2.28. The molecule has 0 fully saturated rings. The molecule has 3 aromatic carbocycles. The molecule has 1 unspecified atom stereocenters. The molecule has 0 aliphatic heterocycles. The summed E-state index contributed by atoms with van der Waals surface area (Å²) in [5.41, 5.74) is 10.3. The minimum atomic E-state index is -0.0877. The molecule has 5 rings (SSSR count). The van der Waals surface area contributed by atoms with Crippen LogP contribution in [0.1, 0.15) is 65.9 Å². The van der Waals surface area contributed by atoms with Crippen LogP contribution in [-0.2, 0) is 17.6 Å². The highest BCUT2D eigenvalue weighted by atomic mass is 16.5. The van der Waals surface area contributed by atoms with Crippen molar-refractivity contribution in [2.45, 2.75) is 46.1 Å². The quantitative estimate of drug-likeness (QED) is 0.487. The summed E-state index contributed by atoms with van der Waals surface area (Å²) in [7, 11) is 1.78. The van der Waals surface area contributed by atoms with E-state index >= 15 is 0 Å². The number of ether oxygens (including phenoxy) is 1. The van der Waals surface area contributed by atoms with Crippen LogP contribution in [-0.4, -0.2) is 12.9 Å². The largest absolute Gasteiger partial charge is 0.372 e. The number of benzene rings is 3. The molecular weight excluding hydrogens is 368 g/mol. The average molecular weight is 397 g/mol. The molecule has 2 aliphatic rings. The van der Waals surface area contributed by atoms with Crippen molar-refractivity contribution in [3.8, 4) is 22.3 Å². The molecule has 0 saturated heterocycles. The van der Waals surface area contributed by atoms with E-state index in [2.05, 4.69) is 75.4 Å². The van der Waals surface area contributed by atoms with Crippen LogP contribution in [0.4, 0.5) is 0 Å². The number of aryl methyl sites for hydroxylation is 1. The summed E-state index contributed by atoms with van der Waals surface area (Å²) in [4.78, 5) is 13.5. The molecule has 2 heteroatoms. The Labute approximate surface area is 178 Å². The highest BCUT2D eigenvalue weighted by molar-refractivity contribution is 6.10. The summed E-state index contributed by atoms with van der Waals surface area (Å²) in [5, 5.41) is 0. The van der Waals surface area contributed by atoms with E-state index in [1.54, 1.807) is 7.11 Å². The van der Waals surface area contributed by atoms with Gasteiger partial charge in [-0.05, 0) is 57.2 Å². The van der Waals surface area contributed by atoms with E-state index < -0.39 is 0 Å². The van der Waals surface area contributed by atoms with Gasteiger partial charge in [0.2, 0.25) is 0 Å². The highest BCUT2D eigenvalue weighted by Crippen LogP contribution is 2.53. The fourth-order valence-electron chi connectivity index (χ4n) is 5.39. The summed E-state index contributed by atoms with van der Waals surface area (Å²) in [6, 6.07) is 19.5. The molecule has 0 N–H and O–H groups in total. The summed E-state index contributed by atoms with van der Waals surface area (Å²) in [5.74, 6) is 0.261. The van der Waals surface area contributed by atoms with Gasteiger partial charge in [0.25, 0.3) is 0 Å². The Morgan fingerprint density at radius 3 is 2.37 bits per heavy atom. The minimum Gasteiger partial charge on any atom is -0.372 e. The van der Waals surface area contributed by atoms with Crippen molar-refractivity contribution in [3.05, 3.63) is 82.4 Å². The molecule has 0 saturated carbocycles. The lowest BCUT2D eigenvalue weighted by molar-refractivity contribution is 0.0912. The van der Waals surface area contributed by atoms with Crippen LogP contribution in [0.3, 0.4) is 0 Å². The Hall–Kier alpha value is -2.71. The van der Waals surface area contributed by atoms with Gasteiger partial charge in [0.15, 0.2) is 5.78 Å². The number of rotatable bonds is 3. The predicted molar refractivity (Wildman–Crippen MR) is 122 cm³/mol. The lowest BCUT2D eigenvalue weighted by Gasteiger charge is -2.33. The van der Waals surface area contributed by atoms with Gasteiger partial charge < -0.3 is 4.74 Å². The summed E-state index contributed by atoms with van der Waals surface area (Å²) in [6.07, 6.45) is 2.42. The van der Waals surface area contributed by atoms with Crippen molar-refractivity contribution >= 4 is 5.78 Å². The molecule has 30 heavy (non-hydrogen) atoms. The Morgan fingerprint density at radius 1 is 0.933 bits per heavy atom. The fourth-order valence-corrected chi connectivity index (χ4v) is 5.39. The number of carbonyl (C=O) groups is 1. The Bertz CT molecular complexity index is 1150. The molecule has 152 valence electrons. The maximum atomic E-state index is 13.5. The van der Waals surface area contributed by atoms with Crippen molar-refractivity contribution in [2.75, 3.05) is 7.11 Å². The van der Waals surface area contributed by atoms with Gasteiger partial charge >= 0.3 is 0 Å². The molecule has 0 spiro atoms. The highest BCUT2D eigenvalue weighted by Gasteiger charge is 2.39. The maximum absolute atomic E-state index is 13.5. The summed E-state index contributed by atoms with van der Waals surface area (Å²) >= 11 is 0. The Balaban J connectivity index is 1.87. The van der Waals surface area contributed by atoms with E-state index in [4.69, 9.17) is 4.74 Å². The number of ketones is 1. The Morgan fingerprint density at radius 2 is 1.67 bits per heavy atom. The number of hydrogen-bond donors (Lipinski definition) is 0. The molecule has 2 nitrogen and oxygen atoms in total. The second kappa shape index (κ2) is 6.92. The molecule has 0 radical (unpaired) electrons. The molecular formula is C28H28O2. The van der Waals surface area contributed by atoms with Gasteiger partial charge in [0, 0.05) is 24.7 Å². The van der Waals surface area contributed by atoms with Crippen LogP contribution in [0.5, 0.6) is 0 Å². The minimum absolute atomic E-state index is 0.0182. The van der Waals surface area contributed by atoms with Crippen LogP contribution in [0.25, 0.3) is 22.3 Å². The van der Waals surface area contributed by atoms with Gasteiger partial charge in [0.05, 0.1) is 0 Å². The average Bonchev–Trinajstić information content (AvgIpc) is 3.04. The third kappa shape index (κ3) is 2.86. The standard InChI is InChI=1S/C28H28O2/c1-5-17-10-12-18(13-11-17)25-24-19(15-28(2,3)16-23(24)29)14-22-26(25)20-8-6-7-9-21(20)27(22)30-4/h6-14,27H,5,15-16H2,1-4H3. The fraction of sp³-hybridized carbons (Fsp3) is 0.321. The van der Waals surface area contributed by atoms with E-state index in [9.17, 15) is 4.79 Å². The zero-order chi connectivity index (χ0) is 21.0. The lowest BCUT2D eigenvalue weighted by atomic mass is 9.70. The zero-order valence-corrected chi connectivity index (χ0v) is 18.2. The van der Waals surface area contributed by atoms with E-state index in [0.717, 1.165) is 29.5 Å². The molecule has 0 bridgehead atoms. The second-order valence-corrected chi connectivity index (χ2v) is 9.44. The van der Waals surface area contributed by atoms with Gasteiger partial charge in [-0.15, -0.1) is 0 Å². The topological polar surface area (TPSA) is 26.3 Å². The number of Topliss-reactive ketones (excluding diaryl/α,β-unsaturated/α-hetero) is 1. The number of hydrogen-bond acceptors (Lipinski definition) is 2.